The van der Waals surface area contributed by atoms with E-state index in [0.29, 0.717) is 28.1 Å². The highest BCUT2D eigenvalue weighted by Gasteiger charge is 2.15. The summed E-state index contributed by atoms with van der Waals surface area (Å²) in [4.78, 5) is 25.9. The van der Waals surface area contributed by atoms with Crippen LogP contribution in [0.15, 0.2) is 40.0 Å². The van der Waals surface area contributed by atoms with E-state index in [0.717, 1.165) is 0 Å². The van der Waals surface area contributed by atoms with Crippen molar-refractivity contribution in [3.63, 3.8) is 0 Å². The number of esters is 1. The number of carbonyl (C=O) groups is 1. The zero-order valence-corrected chi connectivity index (χ0v) is 17.3. The molecule has 0 saturated heterocycles. The van der Waals surface area contributed by atoms with Crippen molar-refractivity contribution in [3.05, 3.63) is 50.6 Å². The minimum Gasteiger partial charge on any atom is -0.490 e. The molecule has 0 aliphatic rings. The van der Waals surface area contributed by atoms with Crippen molar-refractivity contribution in [2.45, 2.75) is 13.8 Å². The number of hydrazone groups is 1. The third-order valence-corrected chi connectivity index (χ3v) is 3.93. The zero-order valence-electron chi connectivity index (χ0n) is 15.8. The predicted molar refractivity (Wildman–Crippen MR) is 110 cm³/mol. The minimum absolute atomic E-state index is 0.0206. The Labute approximate surface area is 175 Å². The Morgan fingerprint density at radius 3 is 2.83 bits per heavy atom. The summed E-state index contributed by atoms with van der Waals surface area (Å²) in [7, 11) is 0. The first-order valence-electron chi connectivity index (χ1n) is 8.59. The predicted octanol–water partition coefficient (Wildman–Crippen LogP) is 3.54. The number of nitrogens with zero attached hydrogens (tertiary/aromatic N) is 3. The van der Waals surface area contributed by atoms with Crippen LogP contribution in [0.3, 0.4) is 0 Å². The fourth-order valence-corrected chi connectivity index (χ4v) is 2.77. The molecular weight excluding hydrogens is 448 g/mol. The molecule has 0 atom stereocenters. The van der Waals surface area contributed by atoms with Crippen LogP contribution in [0.25, 0.3) is 0 Å². The Bertz CT molecular complexity index is 906. The zero-order chi connectivity index (χ0) is 21.2. The molecule has 1 aromatic carbocycles. The number of hydrogen-bond donors (Lipinski definition) is 1. The summed E-state index contributed by atoms with van der Waals surface area (Å²) in [5.41, 5.74) is 2.98. The second-order valence-electron chi connectivity index (χ2n) is 5.35. The SMILES string of the molecule is CCOC(=O)COc1c(Br)cc(/C=N\Nc2ncccc2[N+](=O)[O-])cc1OCC. The van der Waals surface area contributed by atoms with Gasteiger partial charge in [0.15, 0.2) is 18.1 Å². The first kappa shape index (κ1) is 22.1. The van der Waals surface area contributed by atoms with Crippen LogP contribution in [-0.2, 0) is 9.53 Å². The van der Waals surface area contributed by atoms with Gasteiger partial charge in [-0.05, 0) is 53.5 Å². The molecule has 11 heteroatoms. The molecule has 0 aliphatic heterocycles. The second-order valence-corrected chi connectivity index (χ2v) is 6.21. The highest BCUT2D eigenvalue weighted by molar-refractivity contribution is 9.10. The fraction of sp³-hybridized carbons (Fsp3) is 0.278. The molecule has 0 saturated carbocycles. The average molecular weight is 467 g/mol. The lowest BCUT2D eigenvalue weighted by molar-refractivity contribution is -0.384. The number of hydrogen-bond acceptors (Lipinski definition) is 9. The van der Waals surface area contributed by atoms with Crippen molar-refractivity contribution >= 4 is 39.6 Å². The van der Waals surface area contributed by atoms with Gasteiger partial charge in [0.25, 0.3) is 0 Å². The van der Waals surface area contributed by atoms with E-state index in [1.165, 1.54) is 24.5 Å². The third-order valence-electron chi connectivity index (χ3n) is 3.34. The van der Waals surface area contributed by atoms with E-state index in [-0.39, 0.29) is 24.7 Å². The number of anilines is 1. The summed E-state index contributed by atoms with van der Waals surface area (Å²) in [6.07, 6.45) is 2.87. The lowest BCUT2D eigenvalue weighted by Gasteiger charge is -2.14. The molecule has 0 unspecified atom stereocenters. The first-order valence-corrected chi connectivity index (χ1v) is 9.38. The largest absolute Gasteiger partial charge is 0.490 e. The molecule has 0 amide bonds. The Balaban J connectivity index is 2.18. The highest BCUT2D eigenvalue weighted by Crippen LogP contribution is 2.36. The summed E-state index contributed by atoms with van der Waals surface area (Å²) < 4.78 is 16.5. The quantitative estimate of drug-likeness (QED) is 0.244. The molecule has 1 aromatic heterocycles. The van der Waals surface area contributed by atoms with E-state index in [1.54, 1.807) is 19.1 Å². The van der Waals surface area contributed by atoms with Gasteiger partial charge in [-0.1, -0.05) is 0 Å². The van der Waals surface area contributed by atoms with E-state index in [4.69, 9.17) is 14.2 Å². The molecule has 10 nitrogen and oxygen atoms in total. The van der Waals surface area contributed by atoms with Gasteiger partial charge in [0.1, 0.15) is 0 Å². The van der Waals surface area contributed by atoms with Crippen molar-refractivity contribution in [1.82, 2.24) is 4.98 Å². The van der Waals surface area contributed by atoms with E-state index >= 15 is 0 Å². The molecule has 154 valence electrons. The molecule has 2 rings (SSSR count). The van der Waals surface area contributed by atoms with Gasteiger partial charge in [-0.3, -0.25) is 15.5 Å². The topological polar surface area (TPSA) is 125 Å². The maximum atomic E-state index is 11.5. The number of nitro groups is 1. The molecule has 1 heterocycles. The lowest BCUT2D eigenvalue weighted by Crippen LogP contribution is -2.15. The number of benzene rings is 1. The smallest absolute Gasteiger partial charge is 0.344 e. The number of carbonyl (C=O) groups excluding carboxylic acids is 1. The number of ether oxygens (including phenoxy) is 3. The van der Waals surface area contributed by atoms with Gasteiger partial charge in [-0.25, -0.2) is 9.78 Å². The van der Waals surface area contributed by atoms with Gasteiger partial charge in [0, 0.05) is 12.3 Å². The molecular formula is C18H19BrN4O6. The number of rotatable bonds is 10. The first-order chi connectivity index (χ1) is 14.0. The molecule has 2 aromatic rings. The van der Waals surface area contributed by atoms with E-state index in [9.17, 15) is 14.9 Å². The minimum atomic E-state index is -0.551. The maximum Gasteiger partial charge on any atom is 0.344 e. The molecule has 1 N–H and O–H groups in total. The van der Waals surface area contributed by atoms with E-state index < -0.39 is 10.9 Å². The van der Waals surface area contributed by atoms with Crippen LogP contribution in [0.4, 0.5) is 11.5 Å². The molecule has 0 fully saturated rings. The maximum absolute atomic E-state index is 11.5. The van der Waals surface area contributed by atoms with Gasteiger partial charge in [-0.15, -0.1) is 0 Å². The van der Waals surface area contributed by atoms with E-state index in [2.05, 4.69) is 31.4 Å². The molecule has 0 bridgehead atoms. The number of halogens is 1. The summed E-state index contributed by atoms with van der Waals surface area (Å²) in [6.45, 7) is 3.90. The van der Waals surface area contributed by atoms with Gasteiger partial charge >= 0.3 is 11.7 Å². The van der Waals surface area contributed by atoms with Gasteiger partial charge < -0.3 is 14.2 Å². The van der Waals surface area contributed by atoms with Crippen LogP contribution < -0.4 is 14.9 Å². The van der Waals surface area contributed by atoms with Crippen LogP contribution in [0.2, 0.25) is 0 Å². The van der Waals surface area contributed by atoms with Crippen molar-refractivity contribution in [3.8, 4) is 11.5 Å². The average Bonchev–Trinajstić information content (AvgIpc) is 2.68. The Morgan fingerprint density at radius 1 is 1.34 bits per heavy atom. The molecule has 0 radical (unpaired) electrons. The molecule has 29 heavy (non-hydrogen) atoms. The summed E-state index contributed by atoms with van der Waals surface area (Å²) >= 11 is 3.38. The van der Waals surface area contributed by atoms with Gasteiger partial charge in [-0.2, -0.15) is 5.10 Å². The monoisotopic (exact) mass is 466 g/mol. The lowest BCUT2D eigenvalue weighted by atomic mass is 10.2. The van der Waals surface area contributed by atoms with Crippen LogP contribution in [-0.4, -0.2) is 41.9 Å². The Kier molecular flexibility index (Phi) is 8.34. The van der Waals surface area contributed by atoms with Crippen molar-refractivity contribution in [2.24, 2.45) is 5.10 Å². The highest BCUT2D eigenvalue weighted by atomic mass is 79.9. The second kappa shape index (κ2) is 11.0. The summed E-state index contributed by atoms with van der Waals surface area (Å²) in [5, 5.41) is 15.0. The number of pyridine rings is 1. The summed E-state index contributed by atoms with van der Waals surface area (Å²) in [6, 6.07) is 6.14. The van der Waals surface area contributed by atoms with Crippen LogP contribution in [0.5, 0.6) is 11.5 Å². The summed E-state index contributed by atoms with van der Waals surface area (Å²) in [5.74, 6) is 0.280. The molecule has 0 aliphatic carbocycles. The Hall–Kier alpha value is -3.21. The van der Waals surface area contributed by atoms with Crippen LogP contribution in [0, 0.1) is 10.1 Å². The fourth-order valence-electron chi connectivity index (χ4n) is 2.20. The number of aromatic nitrogens is 1. The number of nitrogens with one attached hydrogen (secondary N) is 1. The van der Waals surface area contributed by atoms with Gasteiger partial charge in [0.05, 0.1) is 28.8 Å². The van der Waals surface area contributed by atoms with Crippen LogP contribution >= 0.6 is 15.9 Å². The molecule has 0 spiro atoms. The van der Waals surface area contributed by atoms with Gasteiger partial charge in [0.2, 0.25) is 5.82 Å². The standard InChI is InChI=1S/C18H19BrN4O6/c1-3-27-15-9-12(8-13(19)17(15)29-11-16(24)28-4-2)10-21-22-18-14(23(25)26)6-5-7-20-18/h5-10H,3-4,11H2,1-2H3,(H,20,22)/b21-10-. The van der Waals surface area contributed by atoms with Crippen LogP contribution in [0.1, 0.15) is 19.4 Å². The normalized spacial score (nSPS) is 10.6. The Morgan fingerprint density at radius 2 is 2.14 bits per heavy atom. The third kappa shape index (κ3) is 6.42. The van der Waals surface area contributed by atoms with Crippen molar-refractivity contribution in [1.29, 1.82) is 0 Å². The van der Waals surface area contributed by atoms with Crippen molar-refractivity contribution in [2.75, 3.05) is 25.2 Å². The van der Waals surface area contributed by atoms with E-state index in [1.807, 2.05) is 6.92 Å². The van der Waals surface area contributed by atoms with Crippen molar-refractivity contribution < 1.29 is 23.9 Å².